The second kappa shape index (κ2) is 8.09. The van der Waals surface area contributed by atoms with Gasteiger partial charge in [0, 0.05) is 17.8 Å². The van der Waals surface area contributed by atoms with Crippen molar-refractivity contribution in [3.05, 3.63) is 60.2 Å². The van der Waals surface area contributed by atoms with Gasteiger partial charge in [-0.2, -0.15) is 0 Å². The van der Waals surface area contributed by atoms with Gasteiger partial charge in [-0.15, -0.1) is 10.2 Å². The molecule has 3 aromatic rings. The molecule has 0 aliphatic carbocycles. The molecule has 0 radical (unpaired) electrons. The highest BCUT2D eigenvalue weighted by Gasteiger charge is 2.15. The lowest BCUT2D eigenvalue weighted by Crippen LogP contribution is -2.14. The van der Waals surface area contributed by atoms with E-state index in [0.29, 0.717) is 11.3 Å². The number of nitrogens with zero attached hydrogens (tertiary/aromatic N) is 3. The highest BCUT2D eigenvalue weighted by Crippen LogP contribution is 2.20. The zero-order valence-electron chi connectivity index (χ0n) is 15.2. The average Bonchev–Trinajstić information content (AvgIpc) is 2.69. The number of rotatable bonds is 6. The molecule has 8 nitrogen and oxygen atoms in total. The molecule has 1 aromatic heterocycles. The number of phenolic OH excluding ortho intramolecular Hbond substituents is 1. The predicted octanol–water partition coefficient (Wildman–Crippen LogP) is 1.00. The Bertz CT molecular complexity index is 1100. The number of sulfonamides is 1. The van der Waals surface area contributed by atoms with E-state index < -0.39 is 10.0 Å². The summed E-state index contributed by atoms with van der Waals surface area (Å²) in [7, 11) is -0.458. The third-order valence-corrected chi connectivity index (χ3v) is 5.14. The van der Waals surface area contributed by atoms with Crippen LogP contribution in [0, 0.1) is 0 Å². The predicted molar refractivity (Wildman–Crippen MR) is 109 cm³/mol. The second-order valence-electron chi connectivity index (χ2n) is 5.88. The van der Waals surface area contributed by atoms with Crippen LogP contribution in [0.5, 0.6) is 11.6 Å². The molecular weight excluding hydrogens is 379 g/mol. The largest absolute Gasteiger partial charge is 0.507 e. The normalized spacial score (nSPS) is 11.5. The molecule has 142 valence electrons. The molecule has 0 aliphatic rings. The smallest absolute Gasteiger partial charge is 0.263 e. The van der Waals surface area contributed by atoms with Crippen molar-refractivity contribution >= 4 is 41.1 Å². The van der Waals surface area contributed by atoms with Crippen molar-refractivity contribution in [1.29, 1.82) is 0 Å². The fraction of sp³-hybridized carbons (Fsp3) is 0.0556. The number of aromatic nitrogens is 2. The highest BCUT2D eigenvalue weighted by molar-refractivity contribution is 7.92. The van der Waals surface area contributed by atoms with Crippen molar-refractivity contribution in [1.82, 2.24) is 10.2 Å². The molecule has 0 saturated carbocycles. The number of aromatic hydroxyl groups is 1. The van der Waals surface area contributed by atoms with Crippen LogP contribution in [0.15, 0.2) is 64.5 Å². The number of aliphatic imine (C=N–C) groups is 1. The quantitative estimate of drug-likeness (QED) is 0.475. The van der Waals surface area contributed by atoms with Gasteiger partial charge in [0.1, 0.15) is 13.6 Å². The number of methoxy groups -OCH3 is 1. The van der Waals surface area contributed by atoms with Crippen LogP contribution in [0.1, 0.15) is 5.56 Å². The van der Waals surface area contributed by atoms with E-state index in [1.165, 1.54) is 37.6 Å². The number of nitrogens with one attached hydrogen (secondary N) is 1. The summed E-state index contributed by atoms with van der Waals surface area (Å²) < 4.78 is 32.1. The van der Waals surface area contributed by atoms with Crippen LogP contribution >= 0.6 is 0 Å². The lowest BCUT2D eigenvalue weighted by molar-refractivity contribution is 0.392. The lowest BCUT2D eigenvalue weighted by atomic mass is 9.94. The summed E-state index contributed by atoms with van der Waals surface area (Å²) in [5, 5.41) is 17.3. The van der Waals surface area contributed by atoms with Gasteiger partial charge in [0.15, 0.2) is 5.82 Å². The molecule has 0 atom stereocenters. The molecule has 2 N–H and O–H groups in total. The number of hydrogen-bond donors (Lipinski definition) is 2. The van der Waals surface area contributed by atoms with E-state index in [0.717, 1.165) is 5.46 Å². The van der Waals surface area contributed by atoms with Crippen molar-refractivity contribution in [2.45, 2.75) is 4.90 Å². The molecule has 0 bridgehead atoms. The first-order valence-corrected chi connectivity index (χ1v) is 9.70. The molecular formula is C18H17BN4O4S. The Labute approximate surface area is 163 Å². The summed E-state index contributed by atoms with van der Waals surface area (Å²) in [5.41, 5.74) is 2.12. The number of phenols is 1. The molecule has 3 rings (SSSR count). The van der Waals surface area contributed by atoms with Crippen molar-refractivity contribution in [3.8, 4) is 11.6 Å². The molecule has 1 heterocycles. The number of benzene rings is 2. The van der Waals surface area contributed by atoms with E-state index >= 15 is 0 Å². The van der Waals surface area contributed by atoms with E-state index in [2.05, 4.69) is 19.9 Å². The van der Waals surface area contributed by atoms with Gasteiger partial charge in [0.05, 0.1) is 17.7 Å². The van der Waals surface area contributed by atoms with Gasteiger partial charge in [-0.05, 0) is 36.4 Å². The van der Waals surface area contributed by atoms with Crippen LogP contribution in [-0.4, -0.2) is 44.9 Å². The second-order valence-corrected chi connectivity index (χ2v) is 7.56. The van der Waals surface area contributed by atoms with Gasteiger partial charge >= 0.3 is 0 Å². The Morgan fingerprint density at radius 2 is 1.86 bits per heavy atom. The first-order chi connectivity index (χ1) is 13.4. The van der Waals surface area contributed by atoms with Gasteiger partial charge in [-0.25, -0.2) is 8.42 Å². The van der Waals surface area contributed by atoms with Crippen LogP contribution in [-0.2, 0) is 10.0 Å². The van der Waals surface area contributed by atoms with Crippen molar-refractivity contribution in [3.63, 3.8) is 0 Å². The van der Waals surface area contributed by atoms with Gasteiger partial charge in [0.25, 0.3) is 10.0 Å². The fourth-order valence-corrected chi connectivity index (χ4v) is 3.31. The molecule has 0 spiro atoms. The van der Waals surface area contributed by atoms with E-state index in [1.807, 2.05) is 7.85 Å². The summed E-state index contributed by atoms with van der Waals surface area (Å²) in [5.74, 6) is 0.487. The standard InChI is InChI=1S/C18H17BN4O4S/c1-27-18-9-8-17(21-22-18)23-28(25,26)15-5-3-14(4-6-15)20-11-12-10-13(19)2-7-16(12)24/h2-11,24H,19H2,1H3,(H,21,23)/b20-11+. The first-order valence-electron chi connectivity index (χ1n) is 8.22. The van der Waals surface area contributed by atoms with Crippen LogP contribution < -0.4 is 14.9 Å². The summed E-state index contributed by atoms with van der Waals surface area (Å²) in [6.45, 7) is 0. The Kier molecular flexibility index (Phi) is 5.60. The SMILES string of the molecule is Bc1ccc(O)c(/C=N/c2ccc(S(=O)(=O)Nc3ccc(OC)nn3)cc2)c1. The molecule has 0 aliphatic heterocycles. The summed E-state index contributed by atoms with van der Waals surface area (Å²) >= 11 is 0. The number of hydrogen-bond acceptors (Lipinski definition) is 7. The highest BCUT2D eigenvalue weighted by atomic mass is 32.2. The first kappa shape index (κ1) is 19.4. The fourth-order valence-electron chi connectivity index (χ4n) is 2.31. The van der Waals surface area contributed by atoms with Gasteiger partial charge in [-0.3, -0.25) is 9.71 Å². The number of ether oxygens (including phenoxy) is 1. The Hall–Kier alpha value is -3.40. The Morgan fingerprint density at radius 3 is 2.50 bits per heavy atom. The van der Waals surface area contributed by atoms with Gasteiger partial charge in [0.2, 0.25) is 5.88 Å². The molecule has 0 fully saturated rings. The van der Waals surface area contributed by atoms with Crippen LogP contribution in [0.2, 0.25) is 0 Å². The average molecular weight is 396 g/mol. The summed E-state index contributed by atoms with van der Waals surface area (Å²) in [6.07, 6.45) is 1.52. The molecule has 0 amide bonds. The Balaban J connectivity index is 1.75. The third-order valence-electron chi connectivity index (χ3n) is 3.77. The maximum Gasteiger partial charge on any atom is 0.263 e. The third kappa shape index (κ3) is 4.66. The zero-order valence-corrected chi connectivity index (χ0v) is 16.0. The molecule has 10 heteroatoms. The molecule has 0 saturated heterocycles. The topological polar surface area (TPSA) is 114 Å². The minimum atomic E-state index is -3.81. The monoisotopic (exact) mass is 396 g/mol. The van der Waals surface area contributed by atoms with Crippen molar-refractivity contribution in [2.24, 2.45) is 4.99 Å². The van der Waals surface area contributed by atoms with Crippen molar-refractivity contribution < 1.29 is 18.3 Å². The van der Waals surface area contributed by atoms with Gasteiger partial charge < -0.3 is 9.84 Å². The van der Waals surface area contributed by atoms with E-state index in [4.69, 9.17) is 4.74 Å². The minimum absolute atomic E-state index is 0.0578. The van der Waals surface area contributed by atoms with Crippen LogP contribution in [0.3, 0.4) is 0 Å². The van der Waals surface area contributed by atoms with Crippen LogP contribution in [0.25, 0.3) is 0 Å². The van der Waals surface area contributed by atoms with Crippen molar-refractivity contribution in [2.75, 3.05) is 11.8 Å². The van der Waals surface area contributed by atoms with E-state index in [-0.39, 0.29) is 22.3 Å². The summed E-state index contributed by atoms with van der Waals surface area (Å²) in [4.78, 5) is 4.33. The van der Waals surface area contributed by atoms with E-state index in [1.54, 1.807) is 30.3 Å². The maximum atomic E-state index is 12.4. The maximum absolute atomic E-state index is 12.4. The lowest BCUT2D eigenvalue weighted by Gasteiger charge is -2.07. The number of anilines is 1. The molecule has 28 heavy (non-hydrogen) atoms. The summed E-state index contributed by atoms with van der Waals surface area (Å²) in [6, 6.07) is 14.2. The molecule has 0 unspecified atom stereocenters. The van der Waals surface area contributed by atoms with Gasteiger partial charge in [-0.1, -0.05) is 17.6 Å². The van der Waals surface area contributed by atoms with E-state index in [9.17, 15) is 13.5 Å². The van der Waals surface area contributed by atoms with Crippen LogP contribution in [0.4, 0.5) is 11.5 Å². The minimum Gasteiger partial charge on any atom is -0.507 e. The zero-order chi connectivity index (χ0) is 20.1. The Morgan fingerprint density at radius 1 is 1.11 bits per heavy atom. The molecule has 2 aromatic carbocycles.